The van der Waals surface area contributed by atoms with E-state index in [1.54, 1.807) is 0 Å². The van der Waals surface area contributed by atoms with E-state index in [1.165, 1.54) is 11.1 Å². The smallest absolute Gasteiger partial charge is 0.315 e. The van der Waals surface area contributed by atoms with Gasteiger partial charge in [-0.05, 0) is 30.9 Å². The van der Waals surface area contributed by atoms with Crippen LogP contribution in [0.1, 0.15) is 23.1 Å². The molecule has 0 aliphatic carbocycles. The Kier molecular flexibility index (Phi) is 5.83. The summed E-state index contributed by atoms with van der Waals surface area (Å²) < 4.78 is 0. The minimum atomic E-state index is -0.108. The summed E-state index contributed by atoms with van der Waals surface area (Å²) in [5.74, 6) is 0. The third-order valence-electron chi connectivity index (χ3n) is 3.34. The molecule has 0 aliphatic heterocycles. The fourth-order valence-corrected chi connectivity index (χ4v) is 2.09. The van der Waals surface area contributed by atoms with Gasteiger partial charge in [0.2, 0.25) is 0 Å². The number of rotatable bonds is 6. The van der Waals surface area contributed by atoms with Gasteiger partial charge in [-0.1, -0.05) is 60.2 Å². The van der Waals surface area contributed by atoms with Crippen molar-refractivity contribution < 1.29 is 4.79 Å². The molecule has 3 nitrogen and oxygen atoms in total. The summed E-state index contributed by atoms with van der Waals surface area (Å²) in [7, 11) is 0. The molecule has 0 aliphatic rings. The summed E-state index contributed by atoms with van der Waals surface area (Å²) in [5, 5.41) is 5.75. The number of benzene rings is 2. The first-order chi connectivity index (χ1) is 10.2. The summed E-state index contributed by atoms with van der Waals surface area (Å²) in [5.41, 5.74) is 3.64. The molecule has 0 unspecified atom stereocenters. The summed E-state index contributed by atoms with van der Waals surface area (Å²) in [6, 6.07) is 18.4. The van der Waals surface area contributed by atoms with Crippen LogP contribution in [-0.2, 0) is 13.0 Å². The first-order valence-electron chi connectivity index (χ1n) is 7.35. The number of urea groups is 1. The van der Waals surface area contributed by atoms with E-state index in [9.17, 15) is 4.79 Å². The molecule has 0 spiro atoms. The van der Waals surface area contributed by atoms with Gasteiger partial charge in [-0.15, -0.1) is 0 Å². The van der Waals surface area contributed by atoms with Crippen molar-refractivity contribution in [2.75, 3.05) is 6.54 Å². The molecule has 0 fully saturated rings. The predicted octanol–water partition coefficient (Wildman–Crippen LogP) is 3.43. The van der Waals surface area contributed by atoms with Gasteiger partial charge in [-0.3, -0.25) is 0 Å². The molecule has 21 heavy (non-hydrogen) atoms. The number of hydrogen-bond donors (Lipinski definition) is 2. The maximum Gasteiger partial charge on any atom is 0.315 e. The zero-order valence-electron chi connectivity index (χ0n) is 12.4. The fourth-order valence-electron chi connectivity index (χ4n) is 2.09. The van der Waals surface area contributed by atoms with Crippen molar-refractivity contribution in [2.24, 2.45) is 0 Å². The van der Waals surface area contributed by atoms with Crippen LogP contribution in [0.5, 0.6) is 0 Å². The molecule has 110 valence electrons. The van der Waals surface area contributed by atoms with Gasteiger partial charge >= 0.3 is 6.03 Å². The summed E-state index contributed by atoms with van der Waals surface area (Å²) >= 11 is 0. The molecule has 0 aromatic heterocycles. The molecule has 0 heterocycles. The number of nitrogens with one attached hydrogen (secondary N) is 2. The highest BCUT2D eigenvalue weighted by Gasteiger charge is 2.00. The van der Waals surface area contributed by atoms with E-state index in [0.717, 1.165) is 18.4 Å². The summed E-state index contributed by atoms with van der Waals surface area (Å²) in [6.07, 6.45) is 1.93. The molecule has 0 atom stereocenters. The van der Waals surface area contributed by atoms with E-state index >= 15 is 0 Å². The third kappa shape index (κ3) is 5.69. The molecule has 2 amide bonds. The molecule has 2 aromatic rings. The van der Waals surface area contributed by atoms with Crippen molar-refractivity contribution in [1.82, 2.24) is 10.6 Å². The Morgan fingerprint density at radius 1 is 0.905 bits per heavy atom. The molecule has 0 saturated carbocycles. The van der Waals surface area contributed by atoms with Crippen LogP contribution in [-0.4, -0.2) is 12.6 Å². The predicted molar refractivity (Wildman–Crippen MR) is 86.2 cm³/mol. The van der Waals surface area contributed by atoms with Gasteiger partial charge < -0.3 is 10.6 Å². The van der Waals surface area contributed by atoms with Crippen LogP contribution in [0.25, 0.3) is 0 Å². The van der Waals surface area contributed by atoms with Gasteiger partial charge in [0, 0.05) is 13.1 Å². The van der Waals surface area contributed by atoms with Crippen LogP contribution in [0.15, 0.2) is 54.6 Å². The number of carbonyl (C=O) groups excluding carboxylic acids is 1. The maximum absolute atomic E-state index is 11.7. The molecular weight excluding hydrogens is 260 g/mol. The van der Waals surface area contributed by atoms with Gasteiger partial charge in [-0.2, -0.15) is 0 Å². The fraction of sp³-hybridized carbons (Fsp3) is 0.278. The second-order valence-electron chi connectivity index (χ2n) is 5.18. The normalized spacial score (nSPS) is 10.1. The second kappa shape index (κ2) is 8.10. The lowest BCUT2D eigenvalue weighted by Gasteiger charge is -2.08. The highest BCUT2D eigenvalue weighted by Crippen LogP contribution is 2.03. The second-order valence-corrected chi connectivity index (χ2v) is 5.18. The molecule has 0 bridgehead atoms. The van der Waals surface area contributed by atoms with Crippen LogP contribution in [0, 0.1) is 6.92 Å². The van der Waals surface area contributed by atoms with Crippen LogP contribution < -0.4 is 10.6 Å². The molecule has 3 heteroatoms. The molecule has 0 saturated heterocycles. The Morgan fingerprint density at radius 2 is 1.62 bits per heavy atom. The van der Waals surface area contributed by atoms with E-state index in [-0.39, 0.29) is 6.03 Å². The van der Waals surface area contributed by atoms with Crippen molar-refractivity contribution in [2.45, 2.75) is 26.3 Å². The lowest BCUT2D eigenvalue weighted by atomic mass is 10.1. The monoisotopic (exact) mass is 282 g/mol. The topological polar surface area (TPSA) is 41.1 Å². The molecule has 0 radical (unpaired) electrons. The van der Waals surface area contributed by atoms with E-state index < -0.39 is 0 Å². The number of aryl methyl sites for hydroxylation is 2. The quantitative estimate of drug-likeness (QED) is 0.783. The molecule has 2 N–H and O–H groups in total. The standard InChI is InChI=1S/C18H22N2O/c1-15-9-11-17(12-10-15)14-20-18(21)19-13-5-8-16-6-3-2-4-7-16/h2-4,6-7,9-12H,5,8,13-14H2,1H3,(H2,19,20,21). The zero-order chi connectivity index (χ0) is 14.9. The van der Waals surface area contributed by atoms with Crippen LogP contribution in [0.2, 0.25) is 0 Å². The van der Waals surface area contributed by atoms with Gasteiger partial charge in [0.15, 0.2) is 0 Å². The minimum Gasteiger partial charge on any atom is -0.338 e. The lowest BCUT2D eigenvalue weighted by molar-refractivity contribution is 0.240. The SMILES string of the molecule is Cc1ccc(CNC(=O)NCCCc2ccccc2)cc1. The van der Waals surface area contributed by atoms with Gasteiger partial charge in [0.05, 0.1) is 0 Å². The average molecular weight is 282 g/mol. The van der Waals surface area contributed by atoms with Crippen LogP contribution in [0.3, 0.4) is 0 Å². The zero-order valence-corrected chi connectivity index (χ0v) is 12.4. The van der Waals surface area contributed by atoms with Crippen molar-refractivity contribution >= 4 is 6.03 Å². The summed E-state index contributed by atoms with van der Waals surface area (Å²) in [4.78, 5) is 11.7. The van der Waals surface area contributed by atoms with Crippen molar-refractivity contribution in [3.63, 3.8) is 0 Å². The largest absolute Gasteiger partial charge is 0.338 e. The van der Waals surface area contributed by atoms with E-state index in [1.807, 2.05) is 30.3 Å². The van der Waals surface area contributed by atoms with Gasteiger partial charge in [-0.25, -0.2) is 4.79 Å². The Balaban J connectivity index is 1.60. The number of amides is 2. The van der Waals surface area contributed by atoms with Crippen molar-refractivity contribution in [1.29, 1.82) is 0 Å². The van der Waals surface area contributed by atoms with Crippen molar-refractivity contribution in [3.05, 3.63) is 71.3 Å². The third-order valence-corrected chi connectivity index (χ3v) is 3.34. The average Bonchev–Trinajstić information content (AvgIpc) is 2.52. The Bertz CT molecular complexity index is 549. The maximum atomic E-state index is 11.7. The van der Waals surface area contributed by atoms with E-state index in [0.29, 0.717) is 13.1 Å². The summed E-state index contributed by atoms with van der Waals surface area (Å²) in [6.45, 7) is 3.30. The Morgan fingerprint density at radius 3 is 2.33 bits per heavy atom. The minimum absolute atomic E-state index is 0.108. The lowest BCUT2D eigenvalue weighted by Crippen LogP contribution is -2.35. The molecule has 2 aromatic carbocycles. The highest BCUT2D eigenvalue weighted by atomic mass is 16.2. The molecule has 2 rings (SSSR count). The van der Waals surface area contributed by atoms with Gasteiger partial charge in [0.1, 0.15) is 0 Å². The number of carbonyl (C=O) groups is 1. The van der Waals surface area contributed by atoms with E-state index in [2.05, 4.69) is 41.8 Å². The molecular formula is C18H22N2O. The number of hydrogen-bond acceptors (Lipinski definition) is 1. The first kappa shape index (κ1) is 15.1. The van der Waals surface area contributed by atoms with Crippen molar-refractivity contribution in [3.8, 4) is 0 Å². The Hall–Kier alpha value is -2.29. The first-order valence-corrected chi connectivity index (χ1v) is 7.35. The van der Waals surface area contributed by atoms with E-state index in [4.69, 9.17) is 0 Å². The van der Waals surface area contributed by atoms with Gasteiger partial charge in [0.25, 0.3) is 0 Å². The Labute approximate surface area is 126 Å². The van der Waals surface area contributed by atoms with Crippen LogP contribution in [0.4, 0.5) is 4.79 Å². The van der Waals surface area contributed by atoms with Crippen LogP contribution >= 0.6 is 0 Å². The highest BCUT2D eigenvalue weighted by molar-refractivity contribution is 5.73.